The maximum Gasteiger partial charge on any atom is 0.276 e. The average Bonchev–Trinajstić information content (AvgIpc) is 2.61. The average molecular weight is 326 g/mol. The highest BCUT2D eigenvalue weighted by Gasteiger charge is 2.16. The summed E-state index contributed by atoms with van der Waals surface area (Å²) in [5.41, 5.74) is 4.81. The number of nitrogens with one attached hydrogen (secondary N) is 1. The van der Waals surface area contributed by atoms with Crippen LogP contribution < -0.4 is 10.9 Å². The molecule has 2 aromatic rings. The van der Waals surface area contributed by atoms with Crippen molar-refractivity contribution in [2.24, 2.45) is 5.10 Å². The van der Waals surface area contributed by atoms with E-state index in [2.05, 4.69) is 15.5 Å². The van der Waals surface area contributed by atoms with E-state index in [0.717, 1.165) is 37.1 Å². The lowest BCUT2D eigenvalue weighted by molar-refractivity contribution is 0.0953. The smallest absolute Gasteiger partial charge is 0.276 e. The largest absolute Gasteiger partial charge is 0.332 e. The molecule has 2 aromatic heterocycles. The normalized spacial score (nSPS) is 14.7. The Morgan fingerprint density at radius 1 is 1.29 bits per heavy atom. The summed E-state index contributed by atoms with van der Waals surface area (Å²) in [6, 6.07) is 3.52. The van der Waals surface area contributed by atoms with Gasteiger partial charge in [-0.25, -0.2) is 10.4 Å². The van der Waals surface area contributed by atoms with E-state index in [9.17, 15) is 9.59 Å². The Morgan fingerprint density at radius 2 is 2.04 bits per heavy atom. The molecule has 1 aliphatic carbocycles. The number of nitrogens with zero attached hydrogens (tertiary/aromatic N) is 3. The molecule has 1 fully saturated rings. The van der Waals surface area contributed by atoms with E-state index < -0.39 is 5.91 Å². The maximum absolute atomic E-state index is 12.6. The summed E-state index contributed by atoms with van der Waals surface area (Å²) in [5, 5.41) is 4.66. The van der Waals surface area contributed by atoms with Gasteiger partial charge in [-0.1, -0.05) is 6.42 Å². The topological polar surface area (TPSA) is 76.3 Å². The van der Waals surface area contributed by atoms with Gasteiger partial charge in [0.25, 0.3) is 5.91 Å². The summed E-state index contributed by atoms with van der Waals surface area (Å²) in [5.74, 6) is -0.456. The predicted octanol–water partition coefficient (Wildman–Crippen LogP) is 2.77. The Bertz CT molecular complexity index is 859. The molecule has 0 unspecified atom stereocenters. The summed E-state index contributed by atoms with van der Waals surface area (Å²) in [6.45, 7) is 4.46. The summed E-state index contributed by atoms with van der Waals surface area (Å²) < 4.78 is 1.83. The Hall–Kier alpha value is -2.50. The van der Waals surface area contributed by atoms with Gasteiger partial charge in [-0.3, -0.25) is 9.59 Å². The molecule has 1 aliphatic rings. The second-order valence-corrected chi connectivity index (χ2v) is 6.16. The van der Waals surface area contributed by atoms with Gasteiger partial charge >= 0.3 is 0 Å². The fourth-order valence-electron chi connectivity index (χ4n) is 3.02. The molecule has 1 N–H and O–H groups in total. The molecule has 2 heterocycles. The van der Waals surface area contributed by atoms with Crippen molar-refractivity contribution in [1.29, 1.82) is 0 Å². The Labute approximate surface area is 140 Å². The minimum Gasteiger partial charge on any atom is -0.332 e. The maximum atomic E-state index is 12.6. The summed E-state index contributed by atoms with van der Waals surface area (Å²) in [7, 11) is 0. The number of hydrogen-bond acceptors (Lipinski definition) is 4. The Balaban J connectivity index is 1.96. The molecule has 0 saturated heterocycles. The van der Waals surface area contributed by atoms with Crippen molar-refractivity contribution in [3.8, 4) is 0 Å². The number of hydrogen-bond donors (Lipinski definition) is 1. The minimum absolute atomic E-state index is 0.107. The number of hydrazone groups is 1. The van der Waals surface area contributed by atoms with Gasteiger partial charge in [0.05, 0.1) is 5.39 Å². The van der Waals surface area contributed by atoms with Crippen LogP contribution in [0.15, 0.2) is 28.2 Å². The van der Waals surface area contributed by atoms with E-state index in [-0.39, 0.29) is 11.0 Å². The van der Waals surface area contributed by atoms with Crippen molar-refractivity contribution in [2.75, 3.05) is 0 Å². The van der Waals surface area contributed by atoms with Crippen LogP contribution in [0.3, 0.4) is 0 Å². The molecule has 1 amide bonds. The van der Waals surface area contributed by atoms with E-state index in [1.807, 2.05) is 18.4 Å². The molecule has 1 saturated carbocycles. The third-order valence-electron chi connectivity index (χ3n) is 4.39. The number of aryl methyl sites for hydroxylation is 2. The first-order chi connectivity index (χ1) is 11.6. The lowest BCUT2D eigenvalue weighted by atomic mass is 9.99. The Kier molecular flexibility index (Phi) is 4.74. The first kappa shape index (κ1) is 16.4. The van der Waals surface area contributed by atoms with Gasteiger partial charge in [0.1, 0.15) is 11.2 Å². The number of fused-ring (bicyclic) bond motifs is 1. The van der Waals surface area contributed by atoms with Crippen LogP contribution >= 0.6 is 0 Å². The highest BCUT2D eigenvalue weighted by molar-refractivity contribution is 5.97. The lowest BCUT2D eigenvalue weighted by Gasteiger charge is -2.13. The SMILES string of the molecule is CCn1cc(C(=O)NN=C2CCCCC2)c(=O)c2ccc(C)nc21. The van der Waals surface area contributed by atoms with Crippen LogP contribution in [0.5, 0.6) is 0 Å². The van der Waals surface area contributed by atoms with Gasteiger partial charge in [0.15, 0.2) is 0 Å². The van der Waals surface area contributed by atoms with Crippen LogP contribution in [0.1, 0.15) is 55.1 Å². The number of rotatable bonds is 3. The third-order valence-corrected chi connectivity index (χ3v) is 4.39. The summed E-state index contributed by atoms with van der Waals surface area (Å²) in [6.07, 6.45) is 6.84. The molecule has 3 rings (SSSR count). The standard InChI is InChI=1S/C18H22N4O2/c1-3-22-11-15(16(23)14-10-9-12(2)19-17(14)22)18(24)21-20-13-7-5-4-6-8-13/h9-11H,3-8H2,1-2H3,(H,21,24). The zero-order chi connectivity index (χ0) is 17.1. The van der Waals surface area contributed by atoms with Gasteiger partial charge in [-0.05, 0) is 51.7 Å². The molecule has 0 bridgehead atoms. The molecule has 0 spiro atoms. The van der Waals surface area contributed by atoms with Gasteiger partial charge in [0.2, 0.25) is 5.43 Å². The number of carbonyl (C=O) groups is 1. The number of carbonyl (C=O) groups excluding carboxylic acids is 1. The number of aromatic nitrogens is 2. The zero-order valence-electron chi connectivity index (χ0n) is 14.1. The molecule has 6 nitrogen and oxygen atoms in total. The van der Waals surface area contributed by atoms with Crippen LogP contribution in [0.4, 0.5) is 0 Å². The highest BCUT2D eigenvalue weighted by Crippen LogP contribution is 2.14. The molecular formula is C18H22N4O2. The first-order valence-corrected chi connectivity index (χ1v) is 8.46. The molecule has 0 aromatic carbocycles. The highest BCUT2D eigenvalue weighted by atomic mass is 16.2. The van der Waals surface area contributed by atoms with Gasteiger partial charge in [-0.2, -0.15) is 5.10 Å². The fraction of sp³-hybridized carbons (Fsp3) is 0.444. The molecular weight excluding hydrogens is 304 g/mol. The van der Waals surface area contributed by atoms with E-state index >= 15 is 0 Å². The third kappa shape index (κ3) is 3.22. The van der Waals surface area contributed by atoms with Crippen molar-refractivity contribution >= 4 is 22.7 Å². The quantitative estimate of drug-likeness (QED) is 0.881. The second-order valence-electron chi connectivity index (χ2n) is 6.16. The van der Waals surface area contributed by atoms with Crippen molar-refractivity contribution in [1.82, 2.24) is 15.0 Å². The van der Waals surface area contributed by atoms with Crippen molar-refractivity contribution < 1.29 is 4.79 Å². The van der Waals surface area contributed by atoms with Gasteiger partial charge in [-0.15, -0.1) is 0 Å². The Morgan fingerprint density at radius 3 is 2.75 bits per heavy atom. The van der Waals surface area contributed by atoms with Crippen LogP contribution in [0.25, 0.3) is 11.0 Å². The van der Waals surface area contributed by atoms with Crippen LogP contribution in [-0.4, -0.2) is 21.2 Å². The fourth-order valence-corrected chi connectivity index (χ4v) is 3.02. The van der Waals surface area contributed by atoms with E-state index in [1.165, 1.54) is 6.42 Å². The monoisotopic (exact) mass is 326 g/mol. The molecule has 24 heavy (non-hydrogen) atoms. The van der Waals surface area contributed by atoms with Crippen LogP contribution in [0.2, 0.25) is 0 Å². The van der Waals surface area contributed by atoms with Crippen molar-refractivity contribution in [2.45, 2.75) is 52.5 Å². The molecule has 0 atom stereocenters. The van der Waals surface area contributed by atoms with E-state index in [4.69, 9.17) is 0 Å². The summed E-state index contributed by atoms with van der Waals surface area (Å²) >= 11 is 0. The molecule has 0 aliphatic heterocycles. The molecule has 0 radical (unpaired) electrons. The number of amides is 1. The molecule has 6 heteroatoms. The number of pyridine rings is 2. The van der Waals surface area contributed by atoms with E-state index in [0.29, 0.717) is 17.6 Å². The zero-order valence-corrected chi connectivity index (χ0v) is 14.1. The second kappa shape index (κ2) is 6.95. The lowest BCUT2D eigenvalue weighted by Crippen LogP contribution is -2.28. The van der Waals surface area contributed by atoms with Crippen molar-refractivity contribution in [3.63, 3.8) is 0 Å². The van der Waals surface area contributed by atoms with Crippen LogP contribution in [-0.2, 0) is 6.54 Å². The first-order valence-electron chi connectivity index (χ1n) is 8.46. The van der Waals surface area contributed by atoms with Crippen LogP contribution in [0, 0.1) is 6.92 Å². The molecule has 126 valence electrons. The van der Waals surface area contributed by atoms with Crippen molar-refractivity contribution in [3.05, 3.63) is 39.8 Å². The minimum atomic E-state index is -0.456. The van der Waals surface area contributed by atoms with E-state index in [1.54, 1.807) is 18.3 Å². The van der Waals surface area contributed by atoms with Gasteiger partial charge in [0, 0.05) is 24.1 Å². The van der Waals surface area contributed by atoms with Gasteiger partial charge < -0.3 is 4.57 Å². The summed E-state index contributed by atoms with van der Waals surface area (Å²) in [4.78, 5) is 29.5. The predicted molar refractivity (Wildman–Crippen MR) is 94.4 cm³/mol.